The van der Waals surface area contributed by atoms with Crippen molar-refractivity contribution in [1.82, 2.24) is 9.88 Å². The Bertz CT molecular complexity index is 633. The molecular formula is C17H19BrN2O2. The molecule has 22 heavy (non-hydrogen) atoms. The van der Waals surface area contributed by atoms with Crippen LogP contribution in [-0.2, 0) is 0 Å². The smallest absolute Gasteiger partial charge is 0.270 e. The van der Waals surface area contributed by atoms with E-state index >= 15 is 0 Å². The van der Waals surface area contributed by atoms with Gasteiger partial charge < -0.3 is 15.0 Å². The summed E-state index contributed by atoms with van der Waals surface area (Å²) in [6.45, 7) is 1.37. The summed E-state index contributed by atoms with van der Waals surface area (Å²) in [6, 6.07) is 11.6. The Morgan fingerprint density at radius 2 is 1.95 bits per heavy atom. The number of hydrogen-bond acceptors (Lipinski definition) is 2. The minimum atomic E-state index is -0.446. The zero-order valence-corrected chi connectivity index (χ0v) is 13.8. The first-order valence-corrected chi connectivity index (χ1v) is 8.30. The maximum atomic E-state index is 12.4. The minimum absolute atomic E-state index is 0.0263. The maximum absolute atomic E-state index is 12.4. The van der Waals surface area contributed by atoms with Gasteiger partial charge in [-0.2, -0.15) is 0 Å². The van der Waals surface area contributed by atoms with Crippen molar-refractivity contribution in [1.29, 1.82) is 0 Å². The highest BCUT2D eigenvalue weighted by Crippen LogP contribution is 2.31. The predicted molar refractivity (Wildman–Crippen MR) is 88.5 cm³/mol. The molecule has 1 aromatic heterocycles. The van der Waals surface area contributed by atoms with Crippen LogP contribution in [0.2, 0.25) is 0 Å². The Labute approximate surface area is 138 Å². The molecule has 5 heteroatoms. The number of aromatic nitrogens is 1. The SMILES string of the molecule is O=C(c1cc(Br)c[nH]1)N1CCC([C@H](O)c2ccccc2)CC1. The Balaban J connectivity index is 1.59. The third-order valence-corrected chi connectivity index (χ3v) is 4.75. The largest absolute Gasteiger partial charge is 0.388 e. The molecular weight excluding hydrogens is 344 g/mol. The molecule has 1 atom stereocenters. The van der Waals surface area contributed by atoms with Crippen LogP contribution >= 0.6 is 15.9 Å². The van der Waals surface area contributed by atoms with Crippen LogP contribution < -0.4 is 0 Å². The molecule has 1 amide bonds. The lowest BCUT2D eigenvalue weighted by Crippen LogP contribution is -2.39. The number of aromatic amines is 1. The molecule has 3 rings (SSSR count). The monoisotopic (exact) mass is 362 g/mol. The third-order valence-electron chi connectivity index (χ3n) is 4.29. The summed E-state index contributed by atoms with van der Waals surface area (Å²) >= 11 is 3.34. The molecule has 2 N–H and O–H groups in total. The van der Waals surface area contributed by atoms with Gasteiger partial charge in [0.05, 0.1) is 6.10 Å². The van der Waals surface area contributed by atoms with Gasteiger partial charge in [-0.25, -0.2) is 0 Å². The molecule has 2 heterocycles. The van der Waals surface area contributed by atoms with E-state index in [0.717, 1.165) is 22.9 Å². The molecule has 0 bridgehead atoms. The van der Waals surface area contributed by atoms with E-state index in [2.05, 4.69) is 20.9 Å². The summed E-state index contributed by atoms with van der Waals surface area (Å²) in [7, 11) is 0. The minimum Gasteiger partial charge on any atom is -0.388 e. The quantitative estimate of drug-likeness (QED) is 0.879. The highest BCUT2D eigenvalue weighted by molar-refractivity contribution is 9.10. The summed E-state index contributed by atoms with van der Waals surface area (Å²) < 4.78 is 0.880. The predicted octanol–water partition coefficient (Wildman–Crippen LogP) is 3.36. The van der Waals surface area contributed by atoms with Gasteiger partial charge in [0.15, 0.2) is 0 Å². The van der Waals surface area contributed by atoms with Crippen LogP contribution in [0.15, 0.2) is 47.1 Å². The van der Waals surface area contributed by atoms with Crippen molar-refractivity contribution in [2.24, 2.45) is 5.92 Å². The second-order valence-corrected chi connectivity index (χ2v) is 6.63. The number of halogens is 1. The number of H-pyrrole nitrogens is 1. The van der Waals surface area contributed by atoms with Gasteiger partial charge in [0.1, 0.15) is 5.69 Å². The molecule has 0 radical (unpaired) electrons. The second-order valence-electron chi connectivity index (χ2n) is 5.72. The fraction of sp³-hybridized carbons (Fsp3) is 0.353. The van der Waals surface area contributed by atoms with E-state index < -0.39 is 6.10 Å². The number of carbonyl (C=O) groups excluding carboxylic acids is 1. The molecule has 116 valence electrons. The van der Waals surface area contributed by atoms with Gasteiger partial charge in [-0.3, -0.25) is 4.79 Å². The maximum Gasteiger partial charge on any atom is 0.270 e. The van der Waals surface area contributed by atoms with Crippen molar-refractivity contribution < 1.29 is 9.90 Å². The number of rotatable bonds is 3. The number of hydrogen-bond donors (Lipinski definition) is 2. The summed E-state index contributed by atoms with van der Waals surface area (Å²) in [6.07, 6.45) is 2.96. The van der Waals surface area contributed by atoms with E-state index in [4.69, 9.17) is 0 Å². The summed E-state index contributed by atoms with van der Waals surface area (Å²) in [5.41, 5.74) is 1.56. The number of carbonyl (C=O) groups is 1. The molecule has 0 aliphatic carbocycles. The zero-order valence-electron chi connectivity index (χ0n) is 12.2. The molecule has 1 saturated heterocycles. The van der Waals surface area contributed by atoms with Gasteiger partial charge in [-0.05, 0) is 46.3 Å². The molecule has 4 nitrogen and oxygen atoms in total. The van der Waals surface area contributed by atoms with E-state index in [1.807, 2.05) is 35.2 Å². The molecule has 0 spiro atoms. The Morgan fingerprint density at radius 3 is 2.55 bits per heavy atom. The van der Waals surface area contributed by atoms with Crippen molar-refractivity contribution in [2.45, 2.75) is 18.9 Å². The van der Waals surface area contributed by atoms with Crippen LogP contribution in [0.5, 0.6) is 0 Å². The van der Waals surface area contributed by atoms with Crippen molar-refractivity contribution in [3.8, 4) is 0 Å². The number of nitrogens with one attached hydrogen (secondary N) is 1. The van der Waals surface area contributed by atoms with Gasteiger partial charge in [0.2, 0.25) is 0 Å². The number of nitrogens with zero attached hydrogens (tertiary/aromatic N) is 1. The van der Waals surface area contributed by atoms with E-state index in [1.54, 1.807) is 12.3 Å². The van der Waals surface area contributed by atoms with Crippen LogP contribution in [0.25, 0.3) is 0 Å². The van der Waals surface area contributed by atoms with Gasteiger partial charge in [-0.1, -0.05) is 30.3 Å². The fourth-order valence-electron chi connectivity index (χ4n) is 3.00. The molecule has 1 aliphatic rings. The number of aliphatic hydroxyl groups is 1. The Morgan fingerprint density at radius 1 is 1.27 bits per heavy atom. The highest BCUT2D eigenvalue weighted by Gasteiger charge is 2.28. The molecule has 1 fully saturated rings. The Kier molecular flexibility index (Phi) is 4.64. The standard InChI is InChI=1S/C17H19BrN2O2/c18-14-10-15(19-11-14)17(22)20-8-6-13(7-9-20)16(21)12-4-2-1-3-5-12/h1-5,10-11,13,16,19,21H,6-9H2/t16-/m1/s1. The normalized spacial score (nSPS) is 17.5. The van der Waals surface area contributed by atoms with Crippen LogP contribution in [0, 0.1) is 5.92 Å². The number of amides is 1. The number of piperidine rings is 1. The van der Waals surface area contributed by atoms with Crippen LogP contribution in [0.4, 0.5) is 0 Å². The van der Waals surface area contributed by atoms with Gasteiger partial charge in [0.25, 0.3) is 5.91 Å². The molecule has 1 aromatic carbocycles. The average Bonchev–Trinajstić information content (AvgIpc) is 3.01. The van der Waals surface area contributed by atoms with E-state index in [-0.39, 0.29) is 11.8 Å². The lowest BCUT2D eigenvalue weighted by molar-refractivity contribution is 0.0459. The lowest BCUT2D eigenvalue weighted by Gasteiger charge is -2.34. The third kappa shape index (κ3) is 3.25. The topological polar surface area (TPSA) is 56.3 Å². The number of benzene rings is 1. The van der Waals surface area contributed by atoms with Crippen molar-refractivity contribution >= 4 is 21.8 Å². The van der Waals surface area contributed by atoms with Crippen molar-refractivity contribution in [3.63, 3.8) is 0 Å². The van der Waals surface area contributed by atoms with Crippen LogP contribution in [0.1, 0.15) is 35.0 Å². The fourth-order valence-corrected chi connectivity index (χ4v) is 3.35. The second kappa shape index (κ2) is 6.67. The van der Waals surface area contributed by atoms with Crippen molar-refractivity contribution in [2.75, 3.05) is 13.1 Å². The summed E-state index contributed by atoms with van der Waals surface area (Å²) in [5, 5.41) is 10.5. The van der Waals surface area contributed by atoms with Gasteiger partial charge in [-0.15, -0.1) is 0 Å². The lowest BCUT2D eigenvalue weighted by atomic mass is 9.87. The van der Waals surface area contributed by atoms with Crippen molar-refractivity contribution in [3.05, 3.63) is 58.3 Å². The summed E-state index contributed by atoms with van der Waals surface area (Å²) in [5.74, 6) is 0.236. The molecule has 0 saturated carbocycles. The zero-order chi connectivity index (χ0) is 15.5. The first kappa shape index (κ1) is 15.3. The van der Waals surface area contributed by atoms with Crippen LogP contribution in [-0.4, -0.2) is 34.0 Å². The van der Waals surface area contributed by atoms with Crippen LogP contribution in [0.3, 0.4) is 0 Å². The summed E-state index contributed by atoms with van der Waals surface area (Å²) in [4.78, 5) is 17.2. The first-order chi connectivity index (χ1) is 10.6. The van der Waals surface area contributed by atoms with E-state index in [1.165, 1.54) is 0 Å². The van der Waals surface area contributed by atoms with Gasteiger partial charge in [0, 0.05) is 23.8 Å². The van der Waals surface area contributed by atoms with E-state index in [0.29, 0.717) is 18.8 Å². The number of likely N-dealkylation sites (tertiary alicyclic amines) is 1. The molecule has 2 aromatic rings. The highest BCUT2D eigenvalue weighted by atomic mass is 79.9. The van der Waals surface area contributed by atoms with E-state index in [9.17, 15) is 9.90 Å². The first-order valence-electron chi connectivity index (χ1n) is 7.51. The molecule has 0 unspecified atom stereocenters. The average molecular weight is 363 g/mol. The molecule has 1 aliphatic heterocycles. The number of aliphatic hydroxyl groups excluding tert-OH is 1. The Hall–Kier alpha value is -1.59. The van der Waals surface area contributed by atoms with Gasteiger partial charge >= 0.3 is 0 Å².